The van der Waals surface area contributed by atoms with Crippen molar-refractivity contribution < 1.29 is 24.1 Å². The number of hydrogen-bond donors (Lipinski definition) is 1. The van der Waals surface area contributed by atoms with Crippen LogP contribution in [0.1, 0.15) is 22.7 Å². The third-order valence-electron chi connectivity index (χ3n) is 5.27. The molecule has 6 heteroatoms. The molecule has 1 N–H and O–H groups in total. The number of phenolic OH excluding ortho intramolecular Hbond substituents is 1. The van der Waals surface area contributed by atoms with Crippen LogP contribution < -0.4 is 18.9 Å². The van der Waals surface area contributed by atoms with Crippen LogP contribution in [-0.2, 0) is 12.8 Å². The predicted octanol–water partition coefficient (Wildman–Crippen LogP) is 2.62. The van der Waals surface area contributed by atoms with Gasteiger partial charge in [0, 0.05) is 12.6 Å². The van der Waals surface area contributed by atoms with Crippen molar-refractivity contribution in [2.45, 2.75) is 18.9 Å². The van der Waals surface area contributed by atoms with Crippen molar-refractivity contribution in [2.24, 2.45) is 0 Å². The number of phenols is 1. The van der Waals surface area contributed by atoms with Gasteiger partial charge >= 0.3 is 0 Å². The molecular formula is C19H19NO5. The number of rotatable bonds is 2. The van der Waals surface area contributed by atoms with Crippen LogP contribution in [0.15, 0.2) is 24.3 Å². The van der Waals surface area contributed by atoms with Crippen molar-refractivity contribution in [1.82, 2.24) is 4.90 Å². The third kappa shape index (κ3) is 2.28. The maximum absolute atomic E-state index is 10.6. The SMILES string of the molecule is CN1CCc2cc3c(cc2[C@@H]1Cc1ccc2c(c1O)OCO2)OCO3. The van der Waals surface area contributed by atoms with Crippen molar-refractivity contribution >= 4 is 0 Å². The first-order valence-corrected chi connectivity index (χ1v) is 8.44. The van der Waals surface area contributed by atoms with Gasteiger partial charge < -0.3 is 24.1 Å². The van der Waals surface area contributed by atoms with Crippen molar-refractivity contribution in [1.29, 1.82) is 0 Å². The van der Waals surface area contributed by atoms with E-state index in [0.717, 1.165) is 30.0 Å². The predicted molar refractivity (Wildman–Crippen MR) is 89.6 cm³/mol. The summed E-state index contributed by atoms with van der Waals surface area (Å²) in [7, 11) is 2.11. The second-order valence-corrected chi connectivity index (χ2v) is 6.66. The van der Waals surface area contributed by atoms with Gasteiger partial charge in [-0.1, -0.05) is 6.07 Å². The normalized spacial score (nSPS) is 20.6. The molecule has 2 aromatic carbocycles. The van der Waals surface area contributed by atoms with E-state index in [1.54, 1.807) is 0 Å². The molecule has 1 atom stereocenters. The van der Waals surface area contributed by atoms with Crippen molar-refractivity contribution in [3.63, 3.8) is 0 Å². The molecule has 3 aliphatic heterocycles. The second kappa shape index (κ2) is 5.46. The minimum Gasteiger partial charge on any atom is -0.504 e. The van der Waals surface area contributed by atoms with Gasteiger partial charge in [0.2, 0.25) is 19.3 Å². The number of aromatic hydroxyl groups is 1. The van der Waals surface area contributed by atoms with Crippen LogP contribution in [0.2, 0.25) is 0 Å². The van der Waals surface area contributed by atoms with Gasteiger partial charge in [-0.15, -0.1) is 0 Å². The van der Waals surface area contributed by atoms with Gasteiger partial charge in [0.1, 0.15) is 0 Å². The fraction of sp³-hybridized carbons (Fsp3) is 0.368. The Morgan fingerprint density at radius 2 is 1.80 bits per heavy atom. The van der Waals surface area contributed by atoms with E-state index in [0.29, 0.717) is 17.9 Å². The summed E-state index contributed by atoms with van der Waals surface area (Å²) in [6, 6.07) is 8.11. The van der Waals surface area contributed by atoms with Gasteiger partial charge in [0.05, 0.1) is 0 Å². The first kappa shape index (κ1) is 14.7. The Balaban J connectivity index is 1.53. The number of hydrogen-bond acceptors (Lipinski definition) is 6. The molecule has 0 aromatic heterocycles. The largest absolute Gasteiger partial charge is 0.504 e. The molecule has 0 amide bonds. The molecule has 0 unspecified atom stereocenters. The van der Waals surface area contributed by atoms with Crippen LogP contribution in [-0.4, -0.2) is 37.2 Å². The lowest BCUT2D eigenvalue weighted by molar-refractivity contribution is 0.171. The Morgan fingerprint density at radius 3 is 2.68 bits per heavy atom. The average molecular weight is 341 g/mol. The molecule has 0 saturated carbocycles. The van der Waals surface area contributed by atoms with Gasteiger partial charge in [-0.25, -0.2) is 0 Å². The molecule has 6 nitrogen and oxygen atoms in total. The number of fused-ring (bicyclic) bond motifs is 3. The minimum atomic E-state index is 0.155. The first-order chi connectivity index (χ1) is 12.2. The Labute approximate surface area is 145 Å². The van der Waals surface area contributed by atoms with Crippen LogP contribution in [0.4, 0.5) is 0 Å². The molecule has 0 fully saturated rings. The first-order valence-electron chi connectivity index (χ1n) is 8.44. The van der Waals surface area contributed by atoms with E-state index in [1.165, 1.54) is 11.1 Å². The Bertz CT molecular complexity index is 850. The summed E-state index contributed by atoms with van der Waals surface area (Å²) in [6.45, 7) is 1.40. The standard InChI is InChI=1S/C19H19NO5/c1-20-5-4-11-7-16-17(24-9-23-16)8-13(11)14(20)6-12-2-3-15-19(18(12)21)25-10-22-15/h2-3,7-8,14,21H,4-6,9-10H2,1H3/t14-/m0/s1. The summed E-state index contributed by atoms with van der Waals surface area (Å²) in [5.41, 5.74) is 3.37. The molecule has 2 aromatic rings. The minimum absolute atomic E-state index is 0.155. The zero-order valence-corrected chi connectivity index (χ0v) is 13.9. The highest BCUT2D eigenvalue weighted by Crippen LogP contribution is 2.45. The quantitative estimate of drug-likeness (QED) is 0.906. The van der Waals surface area contributed by atoms with Gasteiger partial charge in [0.25, 0.3) is 0 Å². The average Bonchev–Trinajstić information content (AvgIpc) is 3.26. The van der Waals surface area contributed by atoms with Crippen molar-refractivity contribution in [3.8, 4) is 28.7 Å². The molecule has 5 rings (SSSR count). The van der Waals surface area contributed by atoms with Crippen LogP contribution >= 0.6 is 0 Å². The molecule has 25 heavy (non-hydrogen) atoms. The lowest BCUT2D eigenvalue weighted by Crippen LogP contribution is -2.33. The zero-order chi connectivity index (χ0) is 17.0. The van der Waals surface area contributed by atoms with E-state index in [1.807, 2.05) is 12.1 Å². The van der Waals surface area contributed by atoms with Crippen molar-refractivity contribution in [3.05, 3.63) is 41.0 Å². The van der Waals surface area contributed by atoms with E-state index in [-0.39, 0.29) is 25.4 Å². The second-order valence-electron chi connectivity index (χ2n) is 6.66. The lowest BCUT2D eigenvalue weighted by atomic mass is 9.88. The number of likely N-dealkylation sites (N-methyl/N-ethyl adjacent to an activating group) is 1. The maximum atomic E-state index is 10.6. The molecule has 0 bridgehead atoms. The molecule has 0 saturated heterocycles. The summed E-state index contributed by atoms with van der Waals surface area (Å²) in [5, 5.41) is 10.6. The van der Waals surface area contributed by atoms with E-state index in [2.05, 4.69) is 24.1 Å². The number of ether oxygens (including phenoxy) is 4. The monoisotopic (exact) mass is 341 g/mol. The molecule has 0 aliphatic carbocycles. The number of nitrogens with zero attached hydrogens (tertiary/aromatic N) is 1. The van der Waals surface area contributed by atoms with E-state index in [9.17, 15) is 5.11 Å². The topological polar surface area (TPSA) is 60.4 Å². The summed E-state index contributed by atoms with van der Waals surface area (Å²) in [6.07, 6.45) is 1.66. The van der Waals surface area contributed by atoms with E-state index >= 15 is 0 Å². The Morgan fingerprint density at radius 1 is 1.04 bits per heavy atom. The highest BCUT2D eigenvalue weighted by Gasteiger charge is 2.30. The molecule has 130 valence electrons. The van der Waals surface area contributed by atoms with Crippen LogP contribution in [0, 0.1) is 0 Å². The number of benzene rings is 2. The van der Waals surface area contributed by atoms with Crippen LogP contribution in [0.3, 0.4) is 0 Å². The molecule has 0 spiro atoms. The molecule has 3 heterocycles. The van der Waals surface area contributed by atoms with E-state index < -0.39 is 0 Å². The summed E-state index contributed by atoms with van der Waals surface area (Å²) < 4.78 is 21.8. The molecular weight excluding hydrogens is 322 g/mol. The highest BCUT2D eigenvalue weighted by molar-refractivity contribution is 5.57. The van der Waals surface area contributed by atoms with Gasteiger partial charge in [-0.2, -0.15) is 0 Å². The Hall–Kier alpha value is -2.60. The van der Waals surface area contributed by atoms with Gasteiger partial charge in [-0.05, 0) is 54.8 Å². The summed E-state index contributed by atoms with van der Waals surface area (Å²) in [4.78, 5) is 2.31. The molecule has 3 aliphatic rings. The fourth-order valence-electron chi connectivity index (χ4n) is 3.85. The Kier molecular flexibility index (Phi) is 3.21. The van der Waals surface area contributed by atoms with E-state index in [4.69, 9.17) is 18.9 Å². The summed E-state index contributed by atoms with van der Waals surface area (Å²) >= 11 is 0. The summed E-state index contributed by atoms with van der Waals surface area (Å²) in [5.74, 6) is 2.85. The van der Waals surface area contributed by atoms with Gasteiger partial charge in [0.15, 0.2) is 23.0 Å². The maximum Gasteiger partial charge on any atom is 0.231 e. The third-order valence-corrected chi connectivity index (χ3v) is 5.27. The highest BCUT2D eigenvalue weighted by atomic mass is 16.7. The van der Waals surface area contributed by atoms with Crippen LogP contribution in [0.25, 0.3) is 0 Å². The molecule has 0 radical (unpaired) electrons. The van der Waals surface area contributed by atoms with Gasteiger partial charge in [-0.3, -0.25) is 4.90 Å². The zero-order valence-electron chi connectivity index (χ0n) is 13.9. The smallest absolute Gasteiger partial charge is 0.231 e. The fourth-order valence-corrected chi connectivity index (χ4v) is 3.85. The van der Waals surface area contributed by atoms with Crippen molar-refractivity contribution in [2.75, 3.05) is 27.2 Å². The lowest BCUT2D eigenvalue weighted by Gasteiger charge is -2.35. The van der Waals surface area contributed by atoms with Crippen LogP contribution in [0.5, 0.6) is 28.7 Å².